The van der Waals surface area contributed by atoms with E-state index in [1.54, 1.807) is 31.2 Å². The van der Waals surface area contributed by atoms with E-state index in [0.29, 0.717) is 11.3 Å². The van der Waals surface area contributed by atoms with Crippen LogP contribution in [0, 0.1) is 25.2 Å². The molecule has 2 aromatic rings. The summed E-state index contributed by atoms with van der Waals surface area (Å²) >= 11 is 0. The van der Waals surface area contributed by atoms with Crippen LogP contribution in [-0.2, 0) is 9.59 Å². The molecule has 1 atom stereocenters. The highest BCUT2D eigenvalue weighted by molar-refractivity contribution is 5.86. The van der Waals surface area contributed by atoms with E-state index in [9.17, 15) is 9.59 Å². The van der Waals surface area contributed by atoms with Gasteiger partial charge in [0.25, 0.3) is 11.8 Å². The Balaban J connectivity index is 1.76. The number of anilines is 1. The molecule has 1 unspecified atom stereocenters. The SMILES string of the molecule is Cc1ccc(NCC(=O)NNC(=O)C(C)Oc2ccc(C#N)cc2)c(C)c1. The summed E-state index contributed by atoms with van der Waals surface area (Å²) < 4.78 is 5.48. The second-order valence-corrected chi connectivity index (χ2v) is 6.11. The summed E-state index contributed by atoms with van der Waals surface area (Å²) in [6, 6.07) is 14.3. The molecule has 3 N–H and O–H groups in total. The van der Waals surface area contributed by atoms with Crippen LogP contribution in [-0.4, -0.2) is 24.5 Å². The fourth-order valence-electron chi connectivity index (χ4n) is 2.33. The third kappa shape index (κ3) is 6.04. The largest absolute Gasteiger partial charge is 0.481 e. The summed E-state index contributed by atoms with van der Waals surface area (Å²) in [4.78, 5) is 23.9. The lowest BCUT2D eigenvalue weighted by Gasteiger charge is -2.15. The van der Waals surface area contributed by atoms with Crippen LogP contribution >= 0.6 is 0 Å². The highest BCUT2D eigenvalue weighted by Gasteiger charge is 2.15. The molecule has 2 amide bonds. The van der Waals surface area contributed by atoms with E-state index in [1.165, 1.54) is 0 Å². The molecule has 7 nitrogen and oxygen atoms in total. The number of hydrazine groups is 1. The van der Waals surface area contributed by atoms with E-state index in [4.69, 9.17) is 10.00 Å². The molecule has 140 valence electrons. The van der Waals surface area contributed by atoms with Crippen molar-refractivity contribution in [1.82, 2.24) is 10.9 Å². The number of amides is 2. The normalized spacial score (nSPS) is 11.0. The zero-order valence-electron chi connectivity index (χ0n) is 15.5. The van der Waals surface area contributed by atoms with Gasteiger partial charge in [0, 0.05) is 5.69 Å². The summed E-state index contributed by atoms with van der Waals surface area (Å²) in [5, 5.41) is 11.8. The number of nitrogens with zero attached hydrogens (tertiary/aromatic N) is 1. The maximum absolute atomic E-state index is 12.0. The number of rotatable bonds is 6. The van der Waals surface area contributed by atoms with Gasteiger partial charge in [0.1, 0.15) is 5.75 Å². The zero-order chi connectivity index (χ0) is 19.8. The molecular formula is C20H22N4O3. The lowest BCUT2D eigenvalue weighted by Crippen LogP contribution is -2.48. The van der Waals surface area contributed by atoms with Crippen LogP contribution in [0.15, 0.2) is 42.5 Å². The van der Waals surface area contributed by atoms with Crippen LogP contribution in [0.5, 0.6) is 5.75 Å². The first-order valence-electron chi connectivity index (χ1n) is 8.45. The van der Waals surface area contributed by atoms with Crippen molar-refractivity contribution in [3.63, 3.8) is 0 Å². The number of aryl methyl sites for hydroxylation is 2. The van der Waals surface area contributed by atoms with Crippen LogP contribution in [0.1, 0.15) is 23.6 Å². The molecule has 0 heterocycles. The minimum atomic E-state index is -0.814. The van der Waals surface area contributed by atoms with Gasteiger partial charge in [-0.1, -0.05) is 17.7 Å². The fourth-order valence-corrected chi connectivity index (χ4v) is 2.33. The van der Waals surface area contributed by atoms with Gasteiger partial charge in [-0.25, -0.2) is 0 Å². The number of nitrogens with one attached hydrogen (secondary N) is 3. The third-order valence-electron chi connectivity index (χ3n) is 3.81. The molecule has 0 aliphatic rings. The molecular weight excluding hydrogens is 344 g/mol. The molecule has 0 aliphatic carbocycles. The van der Waals surface area contributed by atoms with Gasteiger partial charge in [0.2, 0.25) is 0 Å². The number of hydrogen-bond donors (Lipinski definition) is 3. The lowest BCUT2D eigenvalue weighted by atomic mass is 10.1. The van der Waals surface area contributed by atoms with Crippen LogP contribution in [0.2, 0.25) is 0 Å². The predicted molar refractivity (Wildman–Crippen MR) is 102 cm³/mol. The van der Waals surface area contributed by atoms with Crippen molar-refractivity contribution in [2.75, 3.05) is 11.9 Å². The van der Waals surface area contributed by atoms with Gasteiger partial charge >= 0.3 is 0 Å². The van der Waals surface area contributed by atoms with Crippen molar-refractivity contribution in [3.05, 3.63) is 59.2 Å². The van der Waals surface area contributed by atoms with Crippen molar-refractivity contribution < 1.29 is 14.3 Å². The Morgan fingerprint density at radius 3 is 2.44 bits per heavy atom. The molecule has 2 rings (SSSR count). The molecule has 0 saturated carbocycles. The Hall–Kier alpha value is -3.53. The van der Waals surface area contributed by atoms with Gasteiger partial charge in [-0.05, 0) is 56.7 Å². The second-order valence-electron chi connectivity index (χ2n) is 6.11. The summed E-state index contributed by atoms with van der Waals surface area (Å²) in [6.07, 6.45) is -0.814. The van der Waals surface area contributed by atoms with Crippen LogP contribution in [0.4, 0.5) is 5.69 Å². The molecule has 27 heavy (non-hydrogen) atoms. The minimum absolute atomic E-state index is 0.0229. The maximum atomic E-state index is 12.0. The van der Waals surface area contributed by atoms with Crippen molar-refractivity contribution in [1.29, 1.82) is 5.26 Å². The number of hydrogen-bond acceptors (Lipinski definition) is 5. The summed E-state index contributed by atoms with van der Waals surface area (Å²) in [5.74, 6) is -0.410. The van der Waals surface area contributed by atoms with Crippen LogP contribution in [0.3, 0.4) is 0 Å². The van der Waals surface area contributed by atoms with E-state index in [0.717, 1.165) is 16.8 Å². The first kappa shape index (κ1) is 19.8. The molecule has 0 aromatic heterocycles. The first-order valence-corrected chi connectivity index (χ1v) is 8.45. The second kappa shape index (κ2) is 9.25. The number of ether oxygens (including phenoxy) is 1. The summed E-state index contributed by atoms with van der Waals surface area (Å²) in [6.45, 7) is 5.54. The first-order chi connectivity index (χ1) is 12.9. The van der Waals surface area contributed by atoms with Crippen molar-refractivity contribution in [3.8, 4) is 11.8 Å². The molecule has 0 bridgehead atoms. The minimum Gasteiger partial charge on any atom is -0.481 e. The standard InChI is InChI=1S/C20H22N4O3/c1-13-4-9-18(14(2)10-13)22-12-19(25)23-24-20(26)15(3)27-17-7-5-16(11-21)6-8-17/h4-10,15,22H,12H2,1-3H3,(H,23,25)(H,24,26). The average molecular weight is 366 g/mol. The Kier molecular flexibility index (Phi) is 6.78. The van der Waals surface area contributed by atoms with Crippen molar-refractivity contribution in [2.24, 2.45) is 0 Å². The molecule has 0 saturated heterocycles. The quantitative estimate of drug-likeness (QED) is 0.680. The maximum Gasteiger partial charge on any atom is 0.279 e. The van der Waals surface area contributed by atoms with E-state index in [2.05, 4.69) is 16.2 Å². The predicted octanol–water partition coefficient (Wildman–Crippen LogP) is 2.20. The molecule has 2 aromatic carbocycles. The van der Waals surface area contributed by atoms with E-state index >= 15 is 0 Å². The van der Waals surface area contributed by atoms with Gasteiger partial charge in [0.05, 0.1) is 18.2 Å². The molecule has 0 radical (unpaired) electrons. The molecule has 0 spiro atoms. The lowest BCUT2D eigenvalue weighted by molar-refractivity contribution is -0.132. The Bertz CT molecular complexity index is 857. The van der Waals surface area contributed by atoms with E-state index < -0.39 is 12.0 Å². The zero-order valence-corrected chi connectivity index (χ0v) is 15.5. The Labute approximate surface area is 158 Å². The number of carbonyl (C=O) groups is 2. The monoisotopic (exact) mass is 366 g/mol. The molecule has 7 heteroatoms. The third-order valence-corrected chi connectivity index (χ3v) is 3.81. The summed E-state index contributed by atoms with van der Waals surface area (Å²) in [7, 11) is 0. The number of carbonyl (C=O) groups excluding carboxylic acids is 2. The molecule has 0 fully saturated rings. The summed E-state index contributed by atoms with van der Waals surface area (Å²) in [5.41, 5.74) is 8.22. The van der Waals surface area contributed by atoms with Crippen LogP contribution in [0.25, 0.3) is 0 Å². The Morgan fingerprint density at radius 1 is 1.11 bits per heavy atom. The van der Waals surface area contributed by atoms with Gasteiger partial charge < -0.3 is 10.1 Å². The van der Waals surface area contributed by atoms with Gasteiger partial charge in [-0.3, -0.25) is 20.4 Å². The molecule has 0 aliphatic heterocycles. The Morgan fingerprint density at radius 2 is 1.81 bits per heavy atom. The number of benzene rings is 2. The van der Waals surface area contributed by atoms with E-state index in [1.807, 2.05) is 38.1 Å². The average Bonchev–Trinajstić information content (AvgIpc) is 2.66. The van der Waals surface area contributed by atoms with Gasteiger partial charge in [0.15, 0.2) is 6.10 Å². The van der Waals surface area contributed by atoms with Crippen LogP contribution < -0.4 is 20.9 Å². The number of nitriles is 1. The smallest absolute Gasteiger partial charge is 0.279 e. The van der Waals surface area contributed by atoms with Gasteiger partial charge in [-0.2, -0.15) is 5.26 Å². The van der Waals surface area contributed by atoms with Crippen molar-refractivity contribution >= 4 is 17.5 Å². The highest BCUT2D eigenvalue weighted by Crippen LogP contribution is 2.15. The fraction of sp³-hybridized carbons (Fsp3) is 0.250. The highest BCUT2D eigenvalue weighted by atomic mass is 16.5. The topological polar surface area (TPSA) is 103 Å². The van der Waals surface area contributed by atoms with Crippen molar-refractivity contribution in [2.45, 2.75) is 26.9 Å². The van der Waals surface area contributed by atoms with Gasteiger partial charge in [-0.15, -0.1) is 0 Å². The van der Waals surface area contributed by atoms with E-state index in [-0.39, 0.29) is 12.5 Å².